The van der Waals surface area contributed by atoms with Gasteiger partial charge in [0.25, 0.3) is 5.91 Å². The minimum atomic E-state index is -0.0571. The second-order valence-electron chi connectivity index (χ2n) is 5.96. The Balaban J connectivity index is 0.00000208. The van der Waals surface area contributed by atoms with E-state index in [0.29, 0.717) is 25.3 Å². The fourth-order valence-corrected chi connectivity index (χ4v) is 3.08. The van der Waals surface area contributed by atoms with Gasteiger partial charge in [-0.15, -0.1) is 12.4 Å². The Morgan fingerprint density at radius 3 is 2.67 bits per heavy atom. The van der Waals surface area contributed by atoms with E-state index in [1.807, 2.05) is 18.2 Å². The number of amides is 1. The lowest BCUT2D eigenvalue weighted by molar-refractivity contribution is 0.0750. The van der Waals surface area contributed by atoms with Gasteiger partial charge in [0, 0.05) is 31.6 Å². The molecule has 1 aliphatic rings. The number of rotatable bonds is 6. The molecule has 2 N–H and O–H groups in total. The number of nitrogens with zero attached hydrogens (tertiary/aromatic N) is 2. The van der Waals surface area contributed by atoms with Crippen molar-refractivity contribution >= 4 is 18.3 Å². The first-order chi connectivity index (χ1) is 11.3. The van der Waals surface area contributed by atoms with Gasteiger partial charge < -0.3 is 15.2 Å². The highest BCUT2D eigenvalue weighted by Gasteiger charge is 2.27. The minimum absolute atomic E-state index is 0. The topological polar surface area (TPSA) is 72.4 Å². The lowest BCUT2D eigenvalue weighted by Crippen LogP contribution is -2.37. The SMILES string of the molecule is Cl.NCCN(CCc1ccccc1)C(=O)c1noc2c1CCCC2. The molecule has 1 amide bonds. The zero-order valence-electron chi connectivity index (χ0n) is 13.7. The third kappa shape index (κ3) is 4.16. The van der Waals surface area contributed by atoms with Crippen LogP contribution in [0, 0.1) is 0 Å². The standard InChI is InChI=1S/C18H23N3O2.ClH/c19-11-13-21(12-10-14-6-2-1-3-7-14)18(22)17-15-8-4-5-9-16(15)23-20-17;/h1-3,6-7H,4-5,8-13,19H2;1H. The molecule has 3 rings (SSSR count). The van der Waals surface area contributed by atoms with E-state index < -0.39 is 0 Å². The highest BCUT2D eigenvalue weighted by molar-refractivity contribution is 5.94. The van der Waals surface area contributed by atoms with Crippen molar-refractivity contribution in [3.63, 3.8) is 0 Å². The fourth-order valence-electron chi connectivity index (χ4n) is 3.08. The van der Waals surface area contributed by atoms with Crippen LogP contribution in [0.1, 0.15) is 40.2 Å². The smallest absolute Gasteiger partial charge is 0.276 e. The van der Waals surface area contributed by atoms with E-state index >= 15 is 0 Å². The summed E-state index contributed by atoms with van der Waals surface area (Å²) in [4.78, 5) is 14.6. The van der Waals surface area contributed by atoms with Crippen LogP contribution in [0.25, 0.3) is 0 Å². The predicted octanol–water partition coefficient (Wildman–Crippen LogP) is 2.62. The van der Waals surface area contributed by atoms with Gasteiger partial charge in [-0.25, -0.2) is 0 Å². The maximum absolute atomic E-state index is 12.8. The Kier molecular flexibility index (Phi) is 6.82. The molecule has 1 aromatic heterocycles. The van der Waals surface area contributed by atoms with Crippen LogP contribution >= 0.6 is 12.4 Å². The molecule has 5 nitrogen and oxygen atoms in total. The van der Waals surface area contributed by atoms with Crippen molar-refractivity contribution in [1.29, 1.82) is 0 Å². The van der Waals surface area contributed by atoms with Crippen LogP contribution in [-0.2, 0) is 19.3 Å². The van der Waals surface area contributed by atoms with Gasteiger partial charge in [0.1, 0.15) is 5.76 Å². The molecule has 1 aliphatic carbocycles. The lowest BCUT2D eigenvalue weighted by Gasteiger charge is -2.21. The first kappa shape index (κ1) is 18.5. The average Bonchev–Trinajstić information content (AvgIpc) is 3.03. The maximum atomic E-state index is 12.8. The van der Waals surface area contributed by atoms with Crippen molar-refractivity contribution in [3.8, 4) is 0 Å². The van der Waals surface area contributed by atoms with Crippen molar-refractivity contribution in [2.75, 3.05) is 19.6 Å². The van der Waals surface area contributed by atoms with Crippen LogP contribution in [0.4, 0.5) is 0 Å². The number of nitrogens with two attached hydrogens (primary N) is 1. The Morgan fingerprint density at radius 1 is 1.17 bits per heavy atom. The van der Waals surface area contributed by atoms with Crippen molar-refractivity contribution in [2.45, 2.75) is 32.1 Å². The first-order valence-corrected chi connectivity index (χ1v) is 8.30. The molecule has 0 radical (unpaired) electrons. The molecule has 1 heterocycles. The van der Waals surface area contributed by atoms with Crippen LogP contribution in [0.5, 0.6) is 0 Å². The predicted molar refractivity (Wildman–Crippen MR) is 95.5 cm³/mol. The summed E-state index contributed by atoms with van der Waals surface area (Å²) in [5.74, 6) is 0.827. The Hall–Kier alpha value is -1.85. The number of aromatic nitrogens is 1. The summed E-state index contributed by atoms with van der Waals surface area (Å²) in [5.41, 5.74) is 8.39. The van der Waals surface area contributed by atoms with Gasteiger partial charge in [-0.2, -0.15) is 0 Å². The number of benzene rings is 1. The zero-order valence-corrected chi connectivity index (χ0v) is 14.6. The van der Waals surface area contributed by atoms with Gasteiger partial charge in [-0.3, -0.25) is 4.79 Å². The Bertz CT molecular complexity index is 658. The van der Waals surface area contributed by atoms with Crippen LogP contribution < -0.4 is 5.73 Å². The molecular formula is C18H24ClN3O2. The summed E-state index contributed by atoms with van der Waals surface area (Å²) in [6.07, 6.45) is 4.78. The van der Waals surface area contributed by atoms with Gasteiger partial charge in [0.05, 0.1) is 0 Å². The van der Waals surface area contributed by atoms with Crippen molar-refractivity contribution < 1.29 is 9.32 Å². The highest BCUT2D eigenvalue weighted by atomic mass is 35.5. The minimum Gasteiger partial charge on any atom is -0.360 e. The van der Waals surface area contributed by atoms with E-state index in [2.05, 4.69) is 17.3 Å². The zero-order chi connectivity index (χ0) is 16.1. The van der Waals surface area contributed by atoms with Gasteiger partial charge >= 0.3 is 0 Å². The third-order valence-electron chi connectivity index (χ3n) is 4.35. The summed E-state index contributed by atoms with van der Waals surface area (Å²) in [7, 11) is 0. The van der Waals surface area contributed by atoms with E-state index in [4.69, 9.17) is 10.3 Å². The van der Waals surface area contributed by atoms with Gasteiger partial charge in [0.15, 0.2) is 5.69 Å². The molecule has 0 aliphatic heterocycles. The number of hydrogen-bond donors (Lipinski definition) is 1. The number of carbonyl (C=O) groups excluding carboxylic acids is 1. The third-order valence-corrected chi connectivity index (χ3v) is 4.35. The van der Waals surface area contributed by atoms with E-state index in [0.717, 1.165) is 43.4 Å². The fraction of sp³-hybridized carbons (Fsp3) is 0.444. The van der Waals surface area contributed by atoms with Gasteiger partial charge in [-0.05, 0) is 31.2 Å². The summed E-state index contributed by atoms with van der Waals surface area (Å²) < 4.78 is 5.37. The summed E-state index contributed by atoms with van der Waals surface area (Å²) >= 11 is 0. The monoisotopic (exact) mass is 349 g/mol. The summed E-state index contributed by atoms with van der Waals surface area (Å²) in [6.45, 7) is 1.62. The van der Waals surface area contributed by atoms with E-state index in [9.17, 15) is 4.79 Å². The van der Waals surface area contributed by atoms with Crippen LogP contribution in [0.15, 0.2) is 34.9 Å². The van der Waals surface area contributed by atoms with Gasteiger partial charge in [-0.1, -0.05) is 35.5 Å². The molecule has 6 heteroatoms. The second-order valence-corrected chi connectivity index (χ2v) is 5.96. The number of halogens is 1. The molecule has 0 atom stereocenters. The van der Waals surface area contributed by atoms with E-state index in [1.165, 1.54) is 5.56 Å². The molecule has 130 valence electrons. The quantitative estimate of drug-likeness (QED) is 0.870. The number of carbonyl (C=O) groups is 1. The molecule has 0 bridgehead atoms. The lowest BCUT2D eigenvalue weighted by atomic mass is 9.96. The summed E-state index contributed by atoms with van der Waals surface area (Å²) in [6, 6.07) is 10.2. The van der Waals surface area contributed by atoms with E-state index in [-0.39, 0.29) is 18.3 Å². The normalized spacial score (nSPS) is 13.0. The summed E-state index contributed by atoms with van der Waals surface area (Å²) in [5, 5.41) is 4.05. The average molecular weight is 350 g/mol. The van der Waals surface area contributed by atoms with Crippen LogP contribution in [-0.4, -0.2) is 35.6 Å². The largest absolute Gasteiger partial charge is 0.360 e. The maximum Gasteiger partial charge on any atom is 0.276 e. The van der Waals surface area contributed by atoms with Gasteiger partial charge in [0.2, 0.25) is 0 Å². The highest BCUT2D eigenvalue weighted by Crippen LogP contribution is 2.25. The first-order valence-electron chi connectivity index (χ1n) is 8.30. The molecule has 2 aromatic rings. The Labute approximate surface area is 148 Å². The van der Waals surface area contributed by atoms with Crippen molar-refractivity contribution in [2.24, 2.45) is 5.73 Å². The van der Waals surface area contributed by atoms with Crippen molar-refractivity contribution in [1.82, 2.24) is 10.1 Å². The molecule has 0 unspecified atom stereocenters. The number of aryl methyl sites for hydroxylation is 1. The second kappa shape index (κ2) is 8.85. The molecule has 24 heavy (non-hydrogen) atoms. The molecule has 0 fully saturated rings. The number of fused-ring (bicyclic) bond motifs is 1. The molecule has 0 saturated carbocycles. The molecule has 0 saturated heterocycles. The molecule has 1 aromatic carbocycles. The van der Waals surface area contributed by atoms with Crippen molar-refractivity contribution in [3.05, 3.63) is 52.9 Å². The molecular weight excluding hydrogens is 326 g/mol. The Morgan fingerprint density at radius 2 is 1.92 bits per heavy atom. The molecule has 0 spiro atoms. The number of hydrogen-bond acceptors (Lipinski definition) is 4. The van der Waals surface area contributed by atoms with Crippen LogP contribution in [0.2, 0.25) is 0 Å². The van der Waals surface area contributed by atoms with Crippen LogP contribution in [0.3, 0.4) is 0 Å². The van der Waals surface area contributed by atoms with E-state index in [1.54, 1.807) is 4.90 Å².